The minimum absolute atomic E-state index is 0.429. The van der Waals surface area contributed by atoms with Gasteiger partial charge in [-0.25, -0.2) is 0 Å². The first-order chi connectivity index (χ1) is 11.7. The van der Waals surface area contributed by atoms with Crippen molar-refractivity contribution in [2.24, 2.45) is 5.16 Å². The van der Waals surface area contributed by atoms with Gasteiger partial charge in [0, 0.05) is 24.7 Å². The van der Waals surface area contributed by atoms with E-state index in [1.165, 1.54) is 0 Å². The Labute approximate surface area is 148 Å². The van der Waals surface area contributed by atoms with Crippen LogP contribution in [0.2, 0.25) is 5.02 Å². The van der Waals surface area contributed by atoms with Gasteiger partial charge in [0.2, 0.25) is 0 Å². The Morgan fingerprint density at radius 2 is 1.96 bits per heavy atom. The van der Waals surface area contributed by atoms with Crippen molar-refractivity contribution >= 4 is 17.3 Å². The molecule has 0 bridgehead atoms. The second-order valence-electron chi connectivity index (χ2n) is 6.18. The first-order valence-corrected chi connectivity index (χ1v) is 8.11. The van der Waals surface area contributed by atoms with Crippen LogP contribution in [0, 0.1) is 13.8 Å². The van der Waals surface area contributed by atoms with E-state index in [0.717, 1.165) is 29.1 Å². The number of alkyl halides is 3. The first-order valence-electron chi connectivity index (χ1n) is 7.74. The van der Waals surface area contributed by atoms with Crippen LogP contribution in [-0.2, 0) is 17.4 Å². The fourth-order valence-electron chi connectivity index (χ4n) is 2.83. The summed E-state index contributed by atoms with van der Waals surface area (Å²) in [6.45, 7) is 3.50. The van der Waals surface area contributed by atoms with Crippen molar-refractivity contribution in [2.75, 3.05) is 0 Å². The topological polar surface area (TPSA) is 34.5 Å². The summed E-state index contributed by atoms with van der Waals surface area (Å²) >= 11 is 6.14. The minimum atomic E-state index is -4.38. The first kappa shape index (κ1) is 17.7. The van der Waals surface area contributed by atoms with Gasteiger partial charge in [0.15, 0.2) is 6.10 Å². The molecule has 3 nitrogen and oxygen atoms in total. The molecule has 0 amide bonds. The van der Waals surface area contributed by atoms with Crippen LogP contribution in [0.15, 0.2) is 35.6 Å². The molecule has 0 saturated heterocycles. The van der Waals surface area contributed by atoms with Crippen LogP contribution in [0.4, 0.5) is 13.2 Å². The second-order valence-corrected chi connectivity index (χ2v) is 6.59. The summed E-state index contributed by atoms with van der Waals surface area (Å²) in [7, 11) is 0. The largest absolute Gasteiger partial charge is 0.416 e. The molecule has 3 rings (SSSR count). The lowest BCUT2D eigenvalue weighted by atomic mass is 9.97. The Morgan fingerprint density at radius 3 is 2.68 bits per heavy atom. The Hall–Kier alpha value is -2.08. The number of rotatable bonds is 3. The fourth-order valence-corrected chi connectivity index (χ4v) is 3.00. The zero-order chi connectivity index (χ0) is 18.2. The quantitative estimate of drug-likeness (QED) is 0.723. The van der Waals surface area contributed by atoms with Crippen LogP contribution in [-0.4, -0.2) is 10.7 Å². The summed E-state index contributed by atoms with van der Waals surface area (Å²) in [5, 5.41) is 4.57. The summed E-state index contributed by atoms with van der Waals surface area (Å²) in [4.78, 5) is 9.49. The van der Waals surface area contributed by atoms with Gasteiger partial charge in [0.05, 0.1) is 16.3 Å². The van der Waals surface area contributed by atoms with Gasteiger partial charge in [-0.3, -0.25) is 4.98 Å². The van der Waals surface area contributed by atoms with Crippen LogP contribution < -0.4 is 0 Å². The lowest BCUT2D eigenvalue weighted by molar-refractivity contribution is -0.137. The van der Waals surface area contributed by atoms with E-state index in [1.54, 1.807) is 19.2 Å². The maximum absolute atomic E-state index is 13.0. The Kier molecular flexibility index (Phi) is 4.73. The number of oxime groups is 1. The van der Waals surface area contributed by atoms with Crippen LogP contribution in [0.1, 0.15) is 40.5 Å². The Balaban J connectivity index is 1.76. The lowest BCUT2D eigenvalue weighted by Crippen LogP contribution is -2.09. The van der Waals surface area contributed by atoms with Crippen molar-refractivity contribution in [1.82, 2.24) is 4.98 Å². The van der Waals surface area contributed by atoms with E-state index in [0.29, 0.717) is 29.0 Å². The molecule has 1 aromatic carbocycles. The third-order valence-electron chi connectivity index (χ3n) is 3.99. The SMILES string of the molecule is Cc1cc(C2CC(Cc3cc(C)ncc3Cl)=NO2)cc(C(F)(F)F)c1. The predicted octanol–water partition coefficient (Wildman–Crippen LogP) is 5.43. The number of hydrogen-bond donors (Lipinski definition) is 0. The molecule has 0 aliphatic carbocycles. The summed E-state index contributed by atoms with van der Waals surface area (Å²) in [6.07, 6.45) is -2.41. The van der Waals surface area contributed by atoms with Crippen molar-refractivity contribution in [1.29, 1.82) is 0 Å². The lowest BCUT2D eigenvalue weighted by Gasteiger charge is -2.14. The standard InChI is InChI=1S/C18H16ClF3N2O/c1-10-3-13(6-14(4-10)18(20,21)22)17-8-15(24-25-17)7-12-5-11(2)23-9-16(12)19/h3-6,9,17H,7-8H2,1-2H3. The van der Waals surface area contributed by atoms with Crippen LogP contribution in [0.3, 0.4) is 0 Å². The molecule has 1 aliphatic rings. The Bertz CT molecular complexity index is 834. The van der Waals surface area contributed by atoms with Crippen molar-refractivity contribution in [3.63, 3.8) is 0 Å². The van der Waals surface area contributed by atoms with E-state index in [-0.39, 0.29) is 0 Å². The number of hydrogen-bond acceptors (Lipinski definition) is 3. The number of pyridine rings is 1. The molecule has 2 heterocycles. The van der Waals surface area contributed by atoms with Crippen LogP contribution in [0.25, 0.3) is 0 Å². The normalized spacial score (nSPS) is 17.4. The third-order valence-corrected chi connectivity index (χ3v) is 4.34. The molecule has 1 atom stereocenters. The van der Waals surface area contributed by atoms with Crippen molar-refractivity contribution in [2.45, 2.75) is 39.0 Å². The summed E-state index contributed by atoms with van der Waals surface area (Å²) in [6, 6.07) is 5.81. The minimum Gasteiger partial charge on any atom is -0.387 e. The van der Waals surface area contributed by atoms with Gasteiger partial charge in [-0.1, -0.05) is 28.4 Å². The smallest absolute Gasteiger partial charge is 0.387 e. The van der Waals surface area contributed by atoms with Crippen LogP contribution >= 0.6 is 11.6 Å². The maximum atomic E-state index is 13.0. The van der Waals surface area contributed by atoms with E-state index in [9.17, 15) is 13.2 Å². The molecule has 0 radical (unpaired) electrons. The van der Waals surface area contributed by atoms with Gasteiger partial charge in [-0.2, -0.15) is 13.2 Å². The van der Waals surface area contributed by atoms with Crippen molar-refractivity contribution in [3.8, 4) is 0 Å². The number of aromatic nitrogens is 1. The average Bonchev–Trinajstić information content (AvgIpc) is 2.98. The second kappa shape index (κ2) is 6.67. The summed E-state index contributed by atoms with van der Waals surface area (Å²) in [5.74, 6) is 0. The third kappa shape index (κ3) is 4.12. The van der Waals surface area contributed by atoms with E-state index in [1.807, 2.05) is 13.0 Å². The highest BCUT2D eigenvalue weighted by Crippen LogP contribution is 2.35. The Morgan fingerprint density at radius 1 is 1.20 bits per heavy atom. The number of halogens is 4. The molecule has 1 unspecified atom stereocenters. The zero-order valence-electron chi connectivity index (χ0n) is 13.7. The molecular weight excluding hydrogens is 353 g/mol. The number of benzene rings is 1. The molecule has 1 aliphatic heterocycles. The van der Waals surface area contributed by atoms with Crippen LogP contribution in [0.5, 0.6) is 0 Å². The summed E-state index contributed by atoms with van der Waals surface area (Å²) < 4.78 is 39.0. The molecule has 132 valence electrons. The monoisotopic (exact) mass is 368 g/mol. The molecule has 1 aromatic heterocycles. The van der Waals surface area contributed by atoms with E-state index in [4.69, 9.17) is 16.4 Å². The highest BCUT2D eigenvalue weighted by atomic mass is 35.5. The van der Waals surface area contributed by atoms with Gasteiger partial charge >= 0.3 is 6.18 Å². The van der Waals surface area contributed by atoms with Crippen molar-refractivity contribution in [3.05, 3.63) is 63.4 Å². The highest BCUT2D eigenvalue weighted by molar-refractivity contribution is 6.31. The molecule has 0 fully saturated rings. The molecule has 0 spiro atoms. The number of aryl methyl sites for hydroxylation is 2. The fraction of sp³-hybridized carbons (Fsp3) is 0.333. The van der Waals surface area contributed by atoms with Gasteiger partial charge in [-0.15, -0.1) is 0 Å². The van der Waals surface area contributed by atoms with Crippen molar-refractivity contribution < 1.29 is 18.0 Å². The molecule has 2 aromatic rings. The average molecular weight is 369 g/mol. The molecule has 0 N–H and O–H groups in total. The van der Waals surface area contributed by atoms with Gasteiger partial charge in [-0.05, 0) is 43.2 Å². The van der Waals surface area contributed by atoms with Gasteiger partial charge < -0.3 is 4.84 Å². The zero-order valence-corrected chi connectivity index (χ0v) is 14.4. The van der Waals surface area contributed by atoms with E-state index >= 15 is 0 Å². The summed E-state index contributed by atoms with van der Waals surface area (Å²) in [5.41, 5.74) is 2.79. The van der Waals surface area contributed by atoms with Gasteiger partial charge in [0.25, 0.3) is 0 Å². The molecule has 7 heteroatoms. The van der Waals surface area contributed by atoms with Gasteiger partial charge in [0.1, 0.15) is 0 Å². The number of nitrogens with zero attached hydrogens (tertiary/aromatic N) is 2. The maximum Gasteiger partial charge on any atom is 0.416 e. The molecule has 0 saturated carbocycles. The van der Waals surface area contributed by atoms with E-state index in [2.05, 4.69) is 10.1 Å². The van der Waals surface area contributed by atoms with E-state index < -0.39 is 17.8 Å². The predicted molar refractivity (Wildman–Crippen MR) is 89.7 cm³/mol. The molecular formula is C18H16ClF3N2O. The highest BCUT2D eigenvalue weighted by Gasteiger charge is 2.32. The molecule has 25 heavy (non-hydrogen) atoms.